The van der Waals surface area contributed by atoms with Gasteiger partial charge in [-0.1, -0.05) is 11.6 Å². The van der Waals surface area contributed by atoms with Gasteiger partial charge >= 0.3 is 0 Å². The van der Waals surface area contributed by atoms with Crippen LogP contribution in [0, 0.1) is 0 Å². The second kappa shape index (κ2) is 11.0. The van der Waals surface area contributed by atoms with Gasteiger partial charge in [-0.25, -0.2) is 13.4 Å². The molecule has 2 atom stereocenters. The quantitative estimate of drug-likeness (QED) is 0.478. The highest BCUT2D eigenvalue weighted by atomic mass is 35.5. The van der Waals surface area contributed by atoms with Crippen LogP contribution >= 0.6 is 11.6 Å². The molecule has 220 valence electrons. The van der Waals surface area contributed by atoms with Crippen LogP contribution < -0.4 is 19.4 Å². The largest absolute Gasteiger partial charge is 0.359 e. The van der Waals surface area contributed by atoms with Crippen molar-refractivity contribution in [2.24, 2.45) is 0 Å². The molecule has 0 spiro atoms. The SMILES string of the molecule is CNC1CCN(c2cc3n4nc(cc4n2)C2CCCCN2C(=O)c2cc(Cl)ccc2N(C)S(=O)(=O)CCCN3C)C1. The van der Waals surface area contributed by atoms with Crippen molar-refractivity contribution in [1.29, 1.82) is 0 Å². The van der Waals surface area contributed by atoms with E-state index in [4.69, 9.17) is 21.7 Å². The first kappa shape index (κ1) is 28.0. The second-order valence-electron chi connectivity index (χ2n) is 11.3. The van der Waals surface area contributed by atoms with Gasteiger partial charge in [0.15, 0.2) is 5.65 Å². The van der Waals surface area contributed by atoms with Crippen molar-refractivity contribution in [1.82, 2.24) is 24.8 Å². The van der Waals surface area contributed by atoms with Crippen molar-refractivity contribution < 1.29 is 13.2 Å². The highest BCUT2D eigenvalue weighted by Gasteiger charge is 2.34. The van der Waals surface area contributed by atoms with Gasteiger partial charge in [-0.3, -0.25) is 9.10 Å². The summed E-state index contributed by atoms with van der Waals surface area (Å²) in [5.41, 5.74) is 2.11. The molecule has 11 nitrogen and oxygen atoms in total. The minimum absolute atomic E-state index is 0.0716. The number of carbonyl (C=O) groups excluding carboxylic acids is 1. The summed E-state index contributed by atoms with van der Waals surface area (Å²) < 4.78 is 30.0. The molecule has 1 N–H and O–H groups in total. The van der Waals surface area contributed by atoms with Gasteiger partial charge in [-0.05, 0) is 57.4 Å². The number of piperidine rings is 1. The van der Waals surface area contributed by atoms with Crippen LogP contribution in [-0.2, 0) is 10.0 Å². The monoisotopic (exact) mass is 600 g/mol. The number of fused-ring (bicyclic) bond motifs is 4. The fourth-order valence-corrected chi connectivity index (χ4v) is 7.64. The summed E-state index contributed by atoms with van der Waals surface area (Å²) in [5.74, 6) is 1.39. The average molecular weight is 601 g/mol. The van der Waals surface area contributed by atoms with Crippen LogP contribution in [0.2, 0.25) is 5.02 Å². The maximum absolute atomic E-state index is 14.2. The molecule has 3 aliphatic heterocycles. The van der Waals surface area contributed by atoms with Crippen LogP contribution in [0.5, 0.6) is 0 Å². The first-order chi connectivity index (χ1) is 19.7. The third-order valence-corrected chi connectivity index (χ3v) is 10.7. The highest BCUT2D eigenvalue weighted by Crippen LogP contribution is 2.36. The fraction of sp³-hybridized carbons (Fsp3) is 0.536. The number of sulfonamides is 1. The van der Waals surface area contributed by atoms with Crippen LogP contribution in [0.15, 0.2) is 30.3 Å². The molecule has 5 heterocycles. The molecule has 2 bridgehead atoms. The average Bonchev–Trinajstić information content (AvgIpc) is 3.62. The number of benzene rings is 1. The van der Waals surface area contributed by atoms with E-state index in [2.05, 4.69) is 10.2 Å². The highest BCUT2D eigenvalue weighted by molar-refractivity contribution is 7.92. The molecule has 2 saturated heterocycles. The lowest BCUT2D eigenvalue weighted by Crippen LogP contribution is -2.40. The molecular formula is C28H37ClN8O3S. The number of rotatable bonds is 2. The Bertz CT molecular complexity index is 1580. The summed E-state index contributed by atoms with van der Waals surface area (Å²) in [6.45, 7) is 2.81. The minimum Gasteiger partial charge on any atom is -0.359 e. The summed E-state index contributed by atoms with van der Waals surface area (Å²) in [4.78, 5) is 25.3. The van der Waals surface area contributed by atoms with E-state index in [1.807, 2.05) is 40.5 Å². The number of nitrogens with zero attached hydrogens (tertiary/aromatic N) is 7. The second-order valence-corrected chi connectivity index (χ2v) is 13.8. The Kier molecular flexibility index (Phi) is 7.50. The molecule has 1 aromatic carbocycles. The molecule has 2 aromatic heterocycles. The molecule has 2 fully saturated rings. The van der Waals surface area contributed by atoms with Crippen LogP contribution in [0.3, 0.4) is 0 Å². The fourth-order valence-electron chi connectivity index (χ4n) is 6.24. The molecule has 6 rings (SSSR count). The van der Waals surface area contributed by atoms with E-state index in [1.165, 1.54) is 11.4 Å². The summed E-state index contributed by atoms with van der Waals surface area (Å²) in [6, 6.07) is 9.01. The summed E-state index contributed by atoms with van der Waals surface area (Å²) in [7, 11) is 1.75. The molecule has 41 heavy (non-hydrogen) atoms. The maximum Gasteiger partial charge on any atom is 0.256 e. The van der Waals surface area contributed by atoms with E-state index < -0.39 is 10.0 Å². The number of anilines is 3. The van der Waals surface area contributed by atoms with Gasteiger partial charge in [0, 0.05) is 63.5 Å². The predicted octanol–water partition coefficient (Wildman–Crippen LogP) is 3.15. The molecule has 1 amide bonds. The van der Waals surface area contributed by atoms with Gasteiger partial charge < -0.3 is 20.0 Å². The lowest BCUT2D eigenvalue weighted by Gasteiger charge is -2.35. The first-order valence-corrected chi connectivity index (χ1v) is 16.3. The number of likely N-dealkylation sites (N-methyl/N-ethyl adjacent to an activating group) is 1. The molecule has 3 aliphatic rings. The summed E-state index contributed by atoms with van der Waals surface area (Å²) in [6.07, 6.45) is 4.01. The van der Waals surface area contributed by atoms with E-state index >= 15 is 0 Å². The lowest BCUT2D eigenvalue weighted by atomic mass is 9.98. The van der Waals surface area contributed by atoms with E-state index in [0.717, 1.165) is 56.1 Å². The van der Waals surface area contributed by atoms with Crippen LogP contribution in [0.1, 0.15) is 54.2 Å². The molecule has 2 unspecified atom stereocenters. The molecular weight excluding hydrogens is 564 g/mol. The van der Waals surface area contributed by atoms with Gasteiger partial charge in [-0.2, -0.15) is 9.61 Å². The molecule has 0 radical (unpaired) electrons. The number of halogens is 1. The number of nitrogens with one attached hydrogen (secondary N) is 1. The normalized spacial score (nSPS) is 23.5. The lowest BCUT2D eigenvalue weighted by molar-refractivity contribution is 0.0606. The van der Waals surface area contributed by atoms with Crippen molar-refractivity contribution >= 4 is 50.5 Å². The Morgan fingerprint density at radius 2 is 1.85 bits per heavy atom. The number of amides is 1. The smallest absolute Gasteiger partial charge is 0.256 e. The maximum atomic E-state index is 14.2. The Balaban J connectivity index is 1.49. The first-order valence-electron chi connectivity index (χ1n) is 14.3. The molecule has 0 saturated carbocycles. The number of aromatic nitrogens is 3. The standard InChI is InChI=1S/C28H37ClN8O3S/c1-30-20-10-13-35(18-20)25-17-27-33(2)11-6-14-41(39,40)34(3)23-9-8-19(29)15-21(23)28(38)36-12-5-4-7-24(36)22-16-26(31-25)37(27)32-22/h8-9,15-17,20,24,30H,4-7,10-14,18H2,1-3H3. The van der Waals surface area contributed by atoms with E-state index in [9.17, 15) is 13.2 Å². The molecule has 13 heteroatoms. The zero-order chi connectivity index (χ0) is 28.9. The van der Waals surface area contributed by atoms with Gasteiger partial charge in [0.05, 0.1) is 28.7 Å². The topological polar surface area (TPSA) is 106 Å². The molecule has 0 aliphatic carbocycles. The number of hydrogen-bond donors (Lipinski definition) is 1. The van der Waals surface area contributed by atoms with Gasteiger partial charge in [0.1, 0.15) is 11.6 Å². The van der Waals surface area contributed by atoms with Crippen molar-refractivity contribution in [3.05, 3.63) is 46.6 Å². The molecule has 3 aromatic rings. The Labute approximate surface area is 246 Å². The van der Waals surface area contributed by atoms with Crippen molar-refractivity contribution in [2.75, 3.05) is 67.2 Å². The zero-order valence-electron chi connectivity index (χ0n) is 23.8. The zero-order valence-corrected chi connectivity index (χ0v) is 25.3. The van der Waals surface area contributed by atoms with Crippen LogP contribution in [0.25, 0.3) is 5.65 Å². The van der Waals surface area contributed by atoms with E-state index in [-0.39, 0.29) is 23.3 Å². The van der Waals surface area contributed by atoms with Crippen LogP contribution in [0.4, 0.5) is 17.3 Å². The Morgan fingerprint density at radius 3 is 2.63 bits per heavy atom. The van der Waals surface area contributed by atoms with Crippen molar-refractivity contribution in [2.45, 2.75) is 44.2 Å². The number of hydrogen-bond acceptors (Lipinski definition) is 8. The Morgan fingerprint density at radius 1 is 1.02 bits per heavy atom. The summed E-state index contributed by atoms with van der Waals surface area (Å²) in [5, 5.41) is 8.77. The van der Waals surface area contributed by atoms with Crippen molar-refractivity contribution in [3.8, 4) is 0 Å². The van der Waals surface area contributed by atoms with Crippen molar-refractivity contribution in [3.63, 3.8) is 0 Å². The Hall–Kier alpha value is -3.09. The van der Waals surface area contributed by atoms with Gasteiger partial charge in [0.2, 0.25) is 10.0 Å². The van der Waals surface area contributed by atoms with E-state index in [1.54, 1.807) is 18.2 Å². The third-order valence-electron chi connectivity index (χ3n) is 8.67. The minimum atomic E-state index is -3.70. The third kappa shape index (κ3) is 5.21. The summed E-state index contributed by atoms with van der Waals surface area (Å²) >= 11 is 6.34. The number of carbonyl (C=O) groups is 1. The van der Waals surface area contributed by atoms with Gasteiger partial charge in [-0.15, -0.1) is 0 Å². The van der Waals surface area contributed by atoms with Crippen LogP contribution in [-0.4, -0.2) is 92.9 Å². The van der Waals surface area contributed by atoms with Gasteiger partial charge in [0.25, 0.3) is 5.91 Å². The van der Waals surface area contributed by atoms with E-state index in [0.29, 0.717) is 41.9 Å². The predicted molar refractivity (Wildman–Crippen MR) is 162 cm³/mol.